The van der Waals surface area contributed by atoms with Gasteiger partial charge < -0.3 is 10.2 Å². The number of allylic oxidation sites excluding steroid dienone is 2. The van der Waals surface area contributed by atoms with E-state index in [9.17, 15) is 10.2 Å². The van der Waals surface area contributed by atoms with Crippen molar-refractivity contribution in [2.75, 3.05) is 0 Å². The Hall–Kier alpha value is -0.600. The zero-order chi connectivity index (χ0) is 23.3. The predicted molar refractivity (Wildman–Crippen MR) is 132 cm³/mol. The van der Waals surface area contributed by atoms with Gasteiger partial charge in [-0.15, -0.1) is 0 Å². The van der Waals surface area contributed by atoms with E-state index in [0.29, 0.717) is 27.6 Å². The molecule has 0 heterocycles. The third-order valence-corrected chi connectivity index (χ3v) is 12.7. The maximum atomic E-state index is 10.8. The van der Waals surface area contributed by atoms with E-state index >= 15 is 0 Å². The summed E-state index contributed by atoms with van der Waals surface area (Å²) in [5, 5.41) is 21.1. The van der Waals surface area contributed by atoms with Gasteiger partial charge in [-0.05, 0) is 123 Å². The molecule has 0 radical (unpaired) electrons. The van der Waals surface area contributed by atoms with Gasteiger partial charge >= 0.3 is 0 Å². The van der Waals surface area contributed by atoms with Crippen LogP contribution in [0.3, 0.4) is 0 Å². The molecule has 8 atom stereocenters. The van der Waals surface area contributed by atoms with E-state index in [1.165, 1.54) is 51.4 Å². The molecule has 180 valence electrons. The minimum absolute atomic E-state index is 0.0792. The van der Waals surface area contributed by atoms with Crippen molar-refractivity contribution >= 4 is 0 Å². The number of hydrogen-bond acceptors (Lipinski definition) is 2. The highest BCUT2D eigenvalue weighted by Crippen LogP contribution is 2.88. The van der Waals surface area contributed by atoms with Crippen LogP contribution in [-0.4, -0.2) is 22.4 Å². The van der Waals surface area contributed by atoms with Crippen molar-refractivity contribution in [2.45, 2.75) is 124 Å². The number of rotatable bonds is 4. The van der Waals surface area contributed by atoms with Crippen LogP contribution in [-0.2, 0) is 0 Å². The van der Waals surface area contributed by atoms with E-state index in [2.05, 4.69) is 41.2 Å². The van der Waals surface area contributed by atoms with E-state index < -0.39 is 0 Å². The Morgan fingerprint density at radius 3 is 2.31 bits per heavy atom. The van der Waals surface area contributed by atoms with Crippen LogP contribution in [0.25, 0.3) is 0 Å². The molecule has 5 aliphatic carbocycles. The van der Waals surface area contributed by atoms with E-state index in [1.54, 1.807) is 11.1 Å². The fourth-order valence-corrected chi connectivity index (χ4v) is 10.6. The standard InChI is InChI=1S/C30H48O2/c1-19(2)22(31)9-8-20(3)21-12-14-28(7)24-11-10-23-26(4,5)25(32)13-15-29(23)18-30(24,29)17-16-27(21,28)6/h22-25,31-32H,1,8-18H2,2-7H3/b21-20+/t22-,23-,24+,25+,27-,28+,29-,30+/m1/s1. The molecule has 2 N–H and O–H groups in total. The fourth-order valence-electron chi connectivity index (χ4n) is 10.6. The Balaban J connectivity index is 1.44. The molecule has 2 spiro atoms. The first-order valence-electron chi connectivity index (χ1n) is 13.6. The van der Waals surface area contributed by atoms with Gasteiger partial charge in [0.05, 0.1) is 12.2 Å². The predicted octanol–water partition coefficient (Wildman–Crippen LogP) is 7.20. The molecule has 2 nitrogen and oxygen atoms in total. The van der Waals surface area contributed by atoms with Crippen LogP contribution in [0.4, 0.5) is 0 Å². The van der Waals surface area contributed by atoms with Gasteiger partial charge in [-0.25, -0.2) is 0 Å². The lowest BCUT2D eigenvalue weighted by molar-refractivity contribution is -0.148. The Morgan fingerprint density at radius 1 is 0.969 bits per heavy atom. The number of aliphatic hydroxyl groups excluding tert-OH is 2. The van der Waals surface area contributed by atoms with Crippen molar-refractivity contribution in [1.29, 1.82) is 0 Å². The van der Waals surface area contributed by atoms with E-state index in [0.717, 1.165) is 30.8 Å². The highest BCUT2D eigenvalue weighted by Gasteiger charge is 2.81. The minimum atomic E-state index is -0.368. The highest BCUT2D eigenvalue weighted by atomic mass is 16.3. The number of fused-ring (bicyclic) bond motifs is 2. The van der Waals surface area contributed by atoms with Crippen LogP contribution < -0.4 is 0 Å². The monoisotopic (exact) mass is 440 g/mol. The summed E-state index contributed by atoms with van der Waals surface area (Å²) in [5.74, 6) is 1.56. The van der Waals surface area contributed by atoms with Gasteiger partial charge in [-0.3, -0.25) is 0 Å². The van der Waals surface area contributed by atoms with Gasteiger partial charge in [0.15, 0.2) is 0 Å². The second-order valence-electron chi connectivity index (χ2n) is 14.0. The molecular weight excluding hydrogens is 392 g/mol. The molecule has 2 heteroatoms. The Morgan fingerprint density at radius 2 is 1.62 bits per heavy atom. The van der Waals surface area contributed by atoms with Crippen LogP contribution in [0.5, 0.6) is 0 Å². The Bertz CT molecular complexity index is 853. The topological polar surface area (TPSA) is 40.5 Å². The van der Waals surface area contributed by atoms with Crippen molar-refractivity contribution in [2.24, 2.45) is 38.9 Å². The first kappa shape index (κ1) is 23.2. The summed E-state index contributed by atoms with van der Waals surface area (Å²) in [6.45, 7) is 18.2. The molecule has 0 aliphatic heterocycles. The first-order chi connectivity index (χ1) is 14.9. The van der Waals surface area contributed by atoms with Crippen molar-refractivity contribution in [3.8, 4) is 0 Å². The first-order valence-corrected chi connectivity index (χ1v) is 13.6. The average Bonchev–Trinajstić information content (AvgIpc) is 3.31. The molecule has 5 saturated carbocycles. The van der Waals surface area contributed by atoms with Crippen LogP contribution in [0, 0.1) is 38.9 Å². The van der Waals surface area contributed by atoms with Gasteiger partial charge in [0.25, 0.3) is 0 Å². The van der Waals surface area contributed by atoms with Gasteiger partial charge in [0.2, 0.25) is 0 Å². The molecule has 5 fully saturated rings. The molecule has 5 aliphatic rings. The summed E-state index contributed by atoms with van der Waals surface area (Å²) < 4.78 is 0. The second kappa shape index (κ2) is 6.97. The second-order valence-corrected chi connectivity index (χ2v) is 14.0. The van der Waals surface area contributed by atoms with Gasteiger partial charge in [0.1, 0.15) is 0 Å². The highest BCUT2D eigenvalue weighted by molar-refractivity contribution is 5.37. The Kier molecular flexibility index (Phi) is 5.04. The third kappa shape index (κ3) is 2.66. The molecule has 0 saturated heterocycles. The maximum Gasteiger partial charge on any atom is 0.0747 e. The van der Waals surface area contributed by atoms with Crippen molar-refractivity contribution < 1.29 is 10.2 Å². The van der Waals surface area contributed by atoms with E-state index in [-0.39, 0.29) is 17.6 Å². The zero-order valence-electron chi connectivity index (χ0n) is 21.7. The van der Waals surface area contributed by atoms with Gasteiger partial charge in [0, 0.05) is 0 Å². The van der Waals surface area contributed by atoms with Crippen molar-refractivity contribution in [3.05, 3.63) is 23.3 Å². The van der Waals surface area contributed by atoms with Crippen LogP contribution in [0.15, 0.2) is 23.3 Å². The summed E-state index contributed by atoms with van der Waals surface area (Å²) >= 11 is 0. The van der Waals surface area contributed by atoms with E-state index in [1.807, 2.05) is 6.92 Å². The lowest BCUT2D eigenvalue weighted by Gasteiger charge is -2.62. The molecule has 0 aromatic rings. The SMILES string of the molecule is C=C(C)[C@H](O)CC/C(C)=C1\CC[C@@]2(C)[C@@H]3CC[C@@H]4C(C)(C)[C@@H](O)CC[C@@]45C[C@@]35CC[C@]12C. The van der Waals surface area contributed by atoms with Crippen LogP contribution >= 0.6 is 0 Å². The van der Waals surface area contributed by atoms with Crippen LogP contribution in [0.1, 0.15) is 112 Å². The van der Waals surface area contributed by atoms with E-state index in [4.69, 9.17) is 0 Å². The summed E-state index contributed by atoms with van der Waals surface area (Å²) in [5.41, 5.74) is 6.06. The zero-order valence-corrected chi connectivity index (χ0v) is 21.7. The molecule has 0 aromatic heterocycles. The third-order valence-electron chi connectivity index (χ3n) is 12.7. The summed E-state index contributed by atoms with van der Waals surface area (Å²) in [4.78, 5) is 0. The molecule has 0 unspecified atom stereocenters. The largest absolute Gasteiger partial charge is 0.393 e. The molecule has 0 amide bonds. The lowest BCUT2D eigenvalue weighted by Crippen LogP contribution is -2.56. The summed E-state index contributed by atoms with van der Waals surface area (Å²) in [6.07, 6.45) is 13.1. The van der Waals surface area contributed by atoms with Crippen molar-refractivity contribution in [1.82, 2.24) is 0 Å². The Labute approximate surface area is 197 Å². The molecule has 0 bridgehead atoms. The maximum absolute atomic E-state index is 10.8. The minimum Gasteiger partial charge on any atom is -0.393 e. The van der Waals surface area contributed by atoms with Crippen molar-refractivity contribution in [3.63, 3.8) is 0 Å². The summed E-state index contributed by atoms with van der Waals surface area (Å²) in [6, 6.07) is 0. The smallest absolute Gasteiger partial charge is 0.0747 e. The molecule has 5 rings (SSSR count). The molecular formula is C30H48O2. The molecule has 32 heavy (non-hydrogen) atoms. The normalized spacial score (nSPS) is 51.1. The number of aliphatic hydroxyl groups is 2. The lowest BCUT2D eigenvalue weighted by atomic mass is 9.42. The molecule has 0 aromatic carbocycles. The van der Waals surface area contributed by atoms with Gasteiger partial charge in [-0.2, -0.15) is 0 Å². The average molecular weight is 441 g/mol. The fraction of sp³-hybridized carbons (Fsp3) is 0.867. The van der Waals surface area contributed by atoms with Crippen LogP contribution in [0.2, 0.25) is 0 Å². The quantitative estimate of drug-likeness (QED) is 0.454. The van der Waals surface area contributed by atoms with Gasteiger partial charge in [-0.1, -0.05) is 51.0 Å². The summed E-state index contributed by atoms with van der Waals surface area (Å²) in [7, 11) is 0. The number of hydrogen-bond donors (Lipinski definition) is 2.